The van der Waals surface area contributed by atoms with Crippen molar-refractivity contribution in [1.82, 2.24) is 19.7 Å². The molecule has 1 saturated heterocycles. The number of likely N-dealkylation sites (tertiary alicyclic amines) is 1. The van der Waals surface area contributed by atoms with Crippen molar-refractivity contribution in [3.8, 4) is 0 Å². The van der Waals surface area contributed by atoms with Gasteiger partial charge in [-0.2, -0.15) is 5.10 Å². The van der Waals surface area contributed by atoms with Crippen molar-refractivity contribution in [2.75, 3.05) is 20.1 Å². The fourth-order valence-corrected chi connectivity index (χ4v) is 1.90. The SMILES string of the molecule is CN1CCC(n2cn[nH]c2=S)C1. The van der Waals surface area contributed by atoms with Gasteiger partial charge in [0.15, 0.2) is 4.77 Å². The largest absolute Gasteiger partial charge is 0.304 e. The molecular formula is C7H12N4S. The number of hydrogen-bond donors (Lipinski definition) is 1. The second-order valence-electron chi connectivity index (χ2n) is 3.27. The van der Waals surface area contributed by atoms with E-state index in [4.69, 9.17) is 12.2 Å². The summed E-state index contributed by atoms with van der Waals surface area (Å²) in [5.74, 6) is 0. The summed E-state index contributed by atoms with van der Waals surface area (Å²) in [4.78, 5) is 2.31. The minimum absolute atomic E-state index is 0.515. The Kier molecular flexibility index (Phi) is 1.98. The molecule has 12 heavy (non-hydrogen) atoms. The Morgan fingerprint density at radius 1 is 1.75 bits per heavy atom. The first kappa shape index (κ1) is 7.94. The molecule has 0 spiro atoms. The molecule has 2 rings (SSSR count). The molecule has 66 valence electrons. The molecule has 1 N–H and O–H groups in total. The molecule has 0 radical (unpaired) electrons. The number of likely N-dealkylation sites (N-methyl/N-ethyl adjacent to an activating group) is 1. The average molecular weight is 184 g/mol. The van der Waals surface area contributed by atoms with Gasteiger partial charge in [-0.1, -0.05) is 0 Å². The first-order valence-corrected chi connectivity index (χ1v) is 4.48. The van der Waals surface area contributed by atoms with E-state index in [0.29, 0.717) is 6.04 Å². The molecule has 1 aromatic heterocycles. The molecule has 0 saturated carbocycles. The maximum absolute atomic E-state index is 5.09. The lowest BCUT2D eigenvalue weighted by atomic mass is 10.3. The van der Waals surface area contributed by atoms with Crippen LogP contribution in [-0.4, -0.2) is 39.8 Å². The van der Waals surface area contributed by atoms with E-state index in [1.807, 2.05) is 4.57 Å². The molecule has 2 heterocycles. The van der Waals surface area contributed by atoms with Crippen LogP contribution in [0.1, 0.15) is 12.5 Å². The van der Waals surface area contributed by atoms with Gasteiger partial charge in [0.05, 0.1) is 6.04 Å². The van der Waals surface area contributed by atoms with Crippen molar-refractivity contribution in [2.24, 2.45) is 0 Å². The third-order valence-corrected chi connectivity index (χ3v) is 2.64. The Bertz CT molecular complexity index is 315. The molecule has 0 amide bonds. The monoisotopic (exact) mass is 184 g/mol. The number of aromatic nitrogens is 3. The van der Waals surface area contributed by atoms with E-state index in [9.17, 15) is 0 Å². The fourth-order valence-electron chi connectivity index (χ4n) is 1.66. The third kappa shape index (κ3) is 1.30. The standard InChI is InChI=1S/C7H12N4S/c1-10-3-2-6(4-10)11-5-8-9-7(11)12/h5-6H,2-4H2,1H3,(H,9,12). The Balaban J connectivity index is 2.21. The minimum Gasteiger partial charge on any atom is -0.304 e. The van der Waals surface area contributed by atoms with Gasteiger partial charge in [0, 0.05) is 6.54 Å². The van der Waals surface area contributed by atoms with Gasteiger partial charge < -0.3 is 9.47 Å². The predicted molar refractivity (Wildman–Crippen MR) is 48.6 cm³/mol. The zero-order valence-electron chi connectivity index (χ0n) is 7.03. The van der Waals surface area contributed by atoms with E-state index in [0.717, 1.165) is 17.9 Å². The summed E-state index contributed by atoms with van der Waals surface area (Å²) in [6.07, 6.45) is 2.95. The Hall–Kier alpha value is -0.680. The van der Waals surface area contributed by atoms with Crippen LogP contribution in [0.5, 0.6) is 0 Å². The van der Waals surface area contributed by atoms with Crippen molar-refractivity contribution in [3.63, 3.8) is 0 Å². The van der Waals surface area contributed by atoms with E-state index >= 15 is 0 Å². The van der Waals surface area contributed by atoms with Gasteiger partial charge in [-0.3, -0.25) is 5.10 Å². The highest BCUT2D eigenvalue weighted by Crippen LogP contribution is 2.19. The van der Waals surface area contributed by atoms with Gasteiger partial charge in [-0.15, -0.1) is 0 Å². The van der Waals surface area contributed by atoms with Gasteiger partial charge in [-0.25, -0.2) is 0 Å². The second kappa shape index (κ2) is 2.99. The number of aromatic amines is 1. The third-order valence-electron chi connectivity index (χ3n) is 2.34. The molecule has 0 bridgehead atoms. The lowest BCUT2D eigenvalue weighted by Gasteiger charge is -2.10. The van der Waals surface area contributed by atoms with Crippen molar-refractivity contribution in [1.29, 1.82) is 0 Å². The van der Waals surface area contributed by atoms with Crippen molar-refractivity contribution >= 4 is 12.2 Å². The van der Waals surface area contributed by atoms with Crippen LogP contribution in [-0.2, 0) is 0 Å². The van der Waals surface area contributed by atoms with Crippen LogP contribution in [0, 0.1) is 4.77 Å². The molecule has 1 aliphatic rings. The van der Waals surface area contributed by atoms with Crippen molar-refractivity contribution in [2.45, 2.75) is 12.5 Å². The van der Waals surface area contributed by atoms with E-state index in [1.54, 1.807) is 6.33 Å². The Morgan fingerprint density at radius 3 is 3.08 bits per heavy atom. The molecule has 0 aromatic carbocycles. The summed E-state index contributed by atoms with van der Waals surface area (Å²) in [6, 6.07) is 0.515. The zero-order valence-corrected chi connectivity index (χ0v) is 7.84. The fraction of sp³-hybridized carbons (Fsp3) is 0.714. The number of hydrogen-bond acceptors (Lipinski definition) is 3. The molecule has 1 atom stereocenters. The zero-order chi connectivity index (χ0) is 8.55. The van der Waals surface area contributed by atoms with Crippen LogP contribution in [0.4, 0.5) is 0 Å². The number of nitrogens with zero attached hydrogens (tertiary/aromatic N) is 3. The van der Waals surface area contributed by atoms with Gasteiger partial charge in [0.2, 0.25) is 0 Å². The van der Waals surface area contributed by atoms with Crippen LogP contribution < -0.4 is 0 Å². The summed E-state index contributed by atoms with van der Waals surface area (Å²) in [5.41, 5.74) is 0. The Labute approximate surface area is 76.2 Å². The van der Waals surface area contributed by atoms with Crippen LogP contribution in [0.15, 0.2) is 6.33 Å². The van der Waals surface area contributed by atoms with Crippen LogP contribution in [0.3, 0.4) is 0 Å². The highest BCUT2D eigenvalue weighted by molar-refractivity contribution is 7.71. The van der Waals surface area contributed by atoms with Crippen molar-refractivity contribution < 1.29 is 0 Å². The molecule has 1 fully saturated rings. The van der Waals surface area contributed by atoms with E-state index < -0.39 is 0 Å². The van der Waals surface area contributed by atoms with Crippen LogP contribution >= 0.6 is 12.2 Å². The Morgan fingerprint density at radius 2 is 2.58 bits per heavy atom. The lowest BCUT2D eigenvalue weighted by Crippen LogP contribution is -2.16. The van der Waals surface area contributed by atoms with Gasteiger partial charge in [0.25, 0.3) is 0 Å². The van der Waals surface area contributed by atoms with E-state index in [2.05, 4.69) is 22.1 Å². The van der Waals surface area contributed by atoms with Gasteiger partial charge >= 0.3 is 0 Å². The number of rotatable bonds is 1. The quantitative estimate of drug-likeness (QED) is 0.656. The highest BCUT2D eigenvalue weighted by Gasteiger charge is 2.21. The van der Waals surface area contributed by atoms with E-state index in [1.165, 1.54) is 6.42 Å². The molecule has 5 heteroatoms. The first-order valence-electron chi connectivity index (χ1n) is 4.07. The number of nitrogens with one attached hydrogen (secondary N) is 1. The summed E-state index contributed by atoms with van der Waals surface area (Å²) in [6.45, 7) is 2.23. The minimum atomic E-state index is 0.515. The summed E-state index contributed by atoms with van der Waals surface area (Å²) >= 11 is 5.09. The summed E-state index contributed by atoms with van der Waals surface area (Å²) < 4.78 is 2.77. The van der Waals surface area contributed by atoms with Crippen LogP contribution in [0.2, 0.25) is 0 Å². The lowest BCUT2D eigenvalue weighted by molar-refractivity contribution is 0.391. The highest BCUT2D eigenvalue weighted by atomic mass is 32.1. The van der Waals surface area contributed by atoms with Crippen LogP contribution in [0.25, 0.3) is 0 Å². The van der Waals surface area contributed by atoms with Crippen molar-refractivity contribution in [3.05, 3.63) is 11.1 Å². The smallest absolute Gasteiger partial charge is 0.195 e. The maximum atomic E-state index is 5.09. The molecule has 1 unspecified atom stereocenters. The number of H-pyrrole nitrogens is 1. The summed E-state index contributed by atoms with van der Waals surface area (Å²) in [7, 11) is 2.13. The normalized spacial score (nSPS) is 24.9. The molecular weight excluding hydrogens is 172 g/mol. The average Bonchev–Trinajstić information content (AvgIpc) is 2.58. The molecule has 1 aromatic rings. The molecule has 0 aliphatic carbocycles. The first-order chi connectivity index (χ1) is 5.77. The maximum Gasteiger partial charge on any atom is 0.195 e. The van der Waals surface area contributed by atoms with E-state index in [-0.39, 0.29) is 0 Å². The second-order valence-corrected chi connectivity index (χ2v) is 3.66. The predicted octanol–water partition coefficient (Wildman–Crippen LogP) is 0.817. The molecule has 1 aliphatic heterocycles. The topological polar surface area (TPSA) is 36.9 Å². The summed E-state index contributed by atoms with van der Waals surface area (Å²) in [5, 5.41) is 6.68. The van der Waals surface area contributed by atoms with Gasteiger partial charge in [0.1, 0.15) is 6.33 Å². The van der Waals surface area contributed by atoms with Gasteiger partial charge in [-0.05, 0) is 32.2 Å². The molecule has 4 nitrogen and oxygen atoms in total.